The zero-order chi connectivity index (χ0) is 6.97. The van der Waals surface area contributed by atoms with Crippen LogP contribution in [0.25, 0.3) is 0 Å². The maximum atomic E-state index is 5.86. The van der Waals surface area contributed by atoms with Gasteiger partial charge in [-0.15, -0.1) is 11.8 Å². The van der Waals surface area contributed by atoms with E-state index in [1.165, 1.54) is 12.8 Å². The summed E-state index contributed by atoms with van der Waals surface area (Å²) in [6, 6.07) is 0. The molecule has 0 N–H and O–H groups in total. The van der Waals surface area contributed by atoms with E-state index in [4.69, 9.17) is 7.85 Å². The molecule has 0 aromatic heterocycles. The van der Waals surface area contributed by atoms with Crippen molar-refractivity contribution in [3.63, 3.8) is 0 Å². The molecular weight excluding hydrogens is 119 g/mol. The third kappa shape index (κ3) is 0.965. The molecule has 2 radical (unpaired) electrons. The van der Waals surface area contributed by atoms with Crippen molar-refractivity contribution < 1.29 is 0 Å². The molecule has 1 saturated carbocycles. The Morgan fingerprint density at radius 1 is 1.00 bits per heavy atom. The van der Waals surface area contributed by atoms with Gasteiger partial charge in [0, 0.05) is 12.8 Å². The van der Waals surface area contributed by atoms with Gasteiger partial charge in [-0.1, -0.05) is 5.82 Å². The molecule has 0 spiro atoms. The first-order valence-electron chi connectivity index (χ1n) is 4.11. The molecule has 0 saturated heterocycles. The lowest BCUT2D eigenvalue weighted by molar-refractivity contribution is 0.618. The van der Waals surface area contributed by atoms with Crippen LogP contribution in [0.3, 0.4) is 0 Å². The summed E-state index contributed by atoms with van der Waals surface area (Å²) in [5.74, 6) is 8.49. The van der Waals surface area contributed by atoms with Gasteiger partial charge in [-0.25, -0.2) is 0 Å². The number of hydrogen-bond acceptors (Lipinski definition) is 0. The topological polar surface area (TPSA) is 0 Å². The van der Waals surface area contributed by atoms with E-state index in [9.17, 15) is 0 Å². The van der Waals surface area contributed by atoms with Crippen LogP contribution >= 0.6 is 0 Å². The second kappa shape index (κ2) is 2.34. The molecule has 2 rings (SSSR count). The Kier molecular flexibility index (Phi) is 1.49. The first-order valence-corrected chi connectivity index (χ1v) is 4.11. The van der Waals surface area contributed by atoms with E-state index in [2.05, 4.69) is 11.8 Å². The molecule has 0 aliphatic heterocycles. The standard InChI is InChI=1S/C9H11B/c10-9-7-5-3-1-2-4-6-8(7)9/h7-9H,3-6H2/t7-,8+,9?. The summed E-state index contributed by atoms with van der Waals surface area (Å²) in [4.78, 5) is 0. The highest BCUT2D eigenvalue weighted by molar-refractivity contribution is 6.14. The van der Waals surface area contributed by atoms with Crippen LogP contribution in [0, 0.1) is 23.7 Å². The van der Waals surface area contributed by atoms with Crippen molar-refractivity contribution in [2.24, 2.45) is 11.8 Å². The highest BCUT2D eigenvalue weighted by Crippen LogP contribution is 2.55. The third-order valence-electron chi connectivity index (χ3n) is 2.73. The monoisotopic (exact) mass is 130 g/mol. The van der Waals surface area contributed by atoms with Crippen LogP contribution in [0.5, 0.6) is 0 Å². The Balaban J connectivity index is 1.97. The van der Waals surface area contributed by atoms with Gasteiger partial charge in [-0.2, -0.15) is 0 Å². The zero-order valence-electron chi connectivity index (χ0n) is 6.14. The Labute approximate surface area is 63.8 Å². The van der Waals surface area contributed by atoms with Crippen LogP contribution in [0.15, 0.2) is 0 Å². The lowest BCUT2D eigenvalue weighted by Gasteiger charge is -1.96. The van der Waals surface area contributed by atoms with Gasteiger partial charge < -0.3 is 0 Å². The van der Waals surface area contributed by atoms with Gasteiger partial charge >= 0.3 is 0 Å². The quantitative estimate of drug-likeness (QED) is 0.346. The van der Waals surface area contributed by atoms with Gasteiger partial charge in [-0.3, -0.25) is 0 Å². The van der Waals surface area contributed by atoms with Gasteiger partial charge in [-0.05, 0) is 24.7 Å². The van der Waals surface area contributed by atoms with Crippen LogP contribution in [0.1, 0.15) is 25.7 Å². The fourth-order valence-electron chi connectivity index (χ4n) is 1.94. The van der Waals surface area contributed by atoms with Gasteiger partial charge in [0.05, 0.1) is 7.85 Å². The molecular formula is C9H11B. The Morgan fingerprint density at radius 2 is 1.50 bits per heavy atom. The number of fused-ring (bicyclic) bond motifs is 1. The van der Waals surface area contributed by atoms with E-state index in [-0.39, 0.29) is 0 Å². The minimum Gasteiger partial charge on any atom is -0.103 e. The highest BCUT2D eigenvalue weighted by atomic mass is 14.5. The fraction of sp³-hybridized carbons (Fsp3) is 0.778. The maximum absolute atomic E-state index is 5.86. The highest BCUT2D eigenvalue weighted by Gasteiger charge is 2.44. The SMILES string of the molecule is [B]C1[C@H]2CCC#CCC[C@@H]12. The minimum atomic E-state index is 0.515. The van der Waals surface area contributed by atoms with Crippen LogP contribution in [0.4, 0.5) is 0 Å². The van der Waals surface area contributed by atoms with Crippen molar-refractivity contribution in [3.05, 3.63) is 0 Å². The van der Waals surface area contributed by atoms with E-state index in [0.717, 1.165) is 24.7 Å². The molecule has 0 aromatic rings. The van der Waals surface area contributed by atoms with E-state index in [1.54, 1.807) is 0 Å². The van der Waals surface area contributed by atoms with E-state index < -0.39 is 0 Å². The average molecular weight is 130 g/mol. The number of rotatable bonds is 0. The van der Waals surface area contributed by atoms with Crippen molar-refractivity contribution in [1.82, 2.24) is 0 Å². The Bertz CT molecular complexity index is 169. The van der Waals surface area contributed by atoms with E-state index in [0.29, 0.717) is 5.82 Å². The van der Waals surface area contributed by atoms with Crippen LogP contribution < -0.4 is 0 Å². The molecule has 0 bridgehead atoms. The molecule has 1 heteroatoms. The average Bonchev–Trinajstić information content (AvgIpc) is 2.39. The van der Waals surface area contributed by atoms with Crippen molar-refractivity contribution in [2.75, 3.05) is 0 Å². The smallest absolute Gasteiger partial charge is 0.0707 e. The summed E-state index contributed by atoms with van der Waals surface area (Å²) >= 11 is 0. The fourth-order valence-corrected chi connectivity index (χ4v) is 1.94. The van der Waals surface area contributed by atoms with E-state index >= 15 is 0 Å². The summed E-state index contributed by atoms with van der Waals surface area (Å²) in [6.07, 6.45) is 4.65. The molecule has 0 amide bonds. The van der Waals surface area contributed by atoms with Crippen LogP contribution in [0.2, 0.25) is 5.82 Å². The zero-order valence-corrected chi connectivity index (χ0v) is 6.14. The molecule has 2 aliphatic rings. The Hall–Kier alpha value is -0.375. The summed E-state index contributed by atoms with van der Waals surface area (Å²) in [5, 5.41) is 0. The molecule has 0 heterocycles. The number of hydrogen-bond donors (Lipinski definition) is 0. The molecule has 0 nitrogen and oxygen atoms in total. The van der Waals surface area contributed by atoms with Crippen LogP contribution in [-0.4, -0.2) is 7.85 Å². The van der Waals surface area contributed by atoms with Gasteiger partial charge in [0.2, 0.25) is 0 Å². The second-order valence-corrected chi connectivity index (χ2v) is 3.34. The summed E-state index contributed by atoms with van der Waals surface area (Å²) in [5.41, 5.74) is 0. The van der Waals surface area contributed by atoms with Crippen molar-refractivity contribution in [1.29, 1.82) is 0 Å². The molecule has 2 aliphatic carbocycles. The first kappa shape index (κ1) is 6.34. The molecule has 3 atom stereocenters. The van der Waals surface area contributed by atoms with Crippen molar-refractivity contribution in [2.45, 2.75) is 31.5 Å². The normalized spacial score (nSPS) is 43.8. The van der Waals surface area contributed by atoms with Gasteiger partial charge in [0.25, 0.3) is 0 Å². The Morgan fingerprint density at radius 3 is 2.00 bits per heavy atom. The molecule has 10 heavy (non-hydrogen) atoms. The largest absolute Gasteiger partial charge is 0.103 e. The molecule has 1 fully saturated rings. The van der Waals surface area contributed by atoms with E-state index in [1.807, 2.05) is 0 Å². The predicted molar refractivity (Wildman–Crippen MR) is 42.7 cm³/mol. The van der Waals surface area contributed by atoms with Crippen molar-refractivity contribution >= 4 is 7.85 Å². The summed E-state index contributed by atoms with van der Waals surface area (Å²) < 4.78 is 0. The second-order valence-electron chi connectivity index (χ2n) is 3.34. The minimum absolute atomic E-state index is 0.515. The lowest BCUT2D eigenvalue weighted by Crippen LogP contribution is -1.85. The summed E-state index contributed by atoms with van der Waals surface area (Å²) in [7, 11) is 5.86. The third-order valence-corrected chi connectivity index (χ3v) is 2.73. The summed E-state index contributed by atoms with van der Waals surface area (Å²) in [6.45, 7) is 0. The molecule has 1 unspecified atom stereocenters. The van der Waals surface area contributed by atoms with Gasteiger partial charge in [0.1, 0.15) is 0 Å². The van der Waals surface area contributed by atoms with Gasteiger partial charge in [0.15, 0.2) is 0 Å². The maximum Gasteiger partial charge on any atom is 0.0707 e. The first-order chi connectivity index (χ1) is 4.89. The molecule has 0 aromatic carbocycles. The molecule has 50 valence electrons. The lowest BCUT2D eigenvalue weighted by atomic mass is 9.97. The van der Waals surface area contributed by atoms with Crippen LogP contribution in [-0.2, 0) is 0 Å². The predicted octanol–water partition coefficient (Wildman–Crippen LogP) is 1.77. The van der Waals surface area contributed by atoms with Crippen molar-refractivity contribution in [3.8, 4) is 11.8 Å².